The molecule has 0 saturated carbocycles. The monoisotopic (exact) mass is 351 g/mol. The largest absolute Gasteiger partial charge is 0.376 e. The first kappa shape index (κ1) is 15.3. The molecule has 1 saturated heterocycles. The summed E-state index contributed by atoms with van der Waals surface area (Å²) in [6, 6.07) is 5.98. The number of ether oxygens (including phenoxy) is 2. The van der Waals surface area contributed by atoms with Gasteiger partial charge in [-0.15, -0.1) is 0 Å². The van der Waals surface area contributed by atoms with Crippen LogP contribution in [0.15, 0.2) is 41.6 Å². The molecule has 2 N–H and O–H groups in total. The fourth-order valence-electron chi connectivity index (χ4n) is 3.32. The van der Waals surface area contributed by atoms with E-state index in [1.54, 1.807) is 17.0 Å². The maximum absolute atomic E-state index is 12.4. The standard InChI is InChI=1S/C18H17N5O3/c24-18-22-17-15(23(18)9-14-10-25-3-4-26-14)6-13(8-21-17)12-5-11-1-2-19-16(11)20-7-12/h1-2,5-8,14H,3-4,9-10H2,(H,19,20)(H,21,22,24)/t14-/m0/s1. The zero-order chi connectivity index (χ0) is 17.5. The number of imidazole rings is 1. The first-order chi connectivity index (χ1) is 12.8. The molecule has 8 nitrogen and oxygen atoms in total. The van der Waals surface area contributed by atoms with E-state index in [0.717, 1.165) is 27.7 Å². The molecule has 1 atom stereocenters. The third-order valence-corrected chi connectivity index (χ3v) is 4.63. The normalized spacial score (nSPS) is 17.9. The first-order valence-electron chi connectivity index (χ1n) is 8.49. The number of H-pyrrole nitrogens is 2. The number of nitrogens with one attached hydrogen (secondary N) is 2. The van der Waals surface area contributed by atoms with Gasteiger partial charge in [-0.1, -0.05) is 0 Å². The molecule has 1 fully saturated rings. The van der Waals surface area contributed by atoms with Crippen LogP contribution < -0.4 is 5.69 Å². The lowest BCUT2D eigenvalue weighted by atomic mass is 10.1. The molecule has 1 aliphatic heterocycles. The number of fused-ring (bicyclic) bond motifs is 2. The van der Waals surface area contributed by atoms with Gasteiger partial charge in [0.05, 0.1) is 38.0 Å². The summed E-state index contributed by atoms with van der Waals surface area (Å²) in [6.07, 6.45) is 5.27. The summed E-state index contributed by atoms with van der Waals surface area (Å²) >= 11 is 0. The molecule has 0 radical (unpaired) electrons. The SMILES string of the molecule is O=c1[nH]c2ncc(-c3cnc4[nH]ccc4c3)cc2n1C[C@H]1COCCO1. The van der Waals surface area contributed by atoms with Crippen LogP contribution in [-0.4, -0.2) is 50.4 Å². The number of pyridine rings is 2. The van der Waals surface area contributed by atoms with Crippen LogP contribution in [0, 0.1) is 0 Å². The molecular formula is C18H17N5O3. The predicted octanol–water partition coefficient (Wildman–Crippen LogP) is 1.68. The number of aromatic amines is 2. The Balaban J connectivity index is 1.57. The van der Waals surface area contributed by atoms with Gasteiger partial charge in [-0.25, -0.2) is 14.8 Å². The van der Waals surface area contributed by atoms with Crippen LogP contribution in [0.4, 0.5) is 0 Å². The Labute approximate surface area is 147 Å². The van der Waals surface area contributed by atoms with Gasteiger partial charge < -0.3 is 14.5 Å². The molecule has 0 bridgehead atoms. The highest BCUT2D eigenvalue weighted by molar-refractivity contribution is 5.84. The molecule has 4 aromatic heterocycles. The van der Waals surface area contributed by atoms with Crippen LogP contribution in [0.5, 0.6) is 0 Å². The van der Waals surface area contributed by atoms with Crippen molar-refractivity contribution in [1.29, 1.82) is 0 Å². The van der Waals surface area contributed by atoms with Crippen molar-refractivity contribution in [2.24, 2.45) is 0 Å². The van der Waals surface area contributed by atoms with Gasteiger partial charge in [0, 0.05) is 35.1 Å². The van der Waals surface area contributed by atoms with Crippen molar-refractivity contribution in [2.45, 2.75) is 12.6 Å². The van der Waals surface area contributed by atoms with Crippen molar-refractivity contribution < 1.29 is 9.47 Å². The third kappa shape index (κ3) is 2.59. The minimum atomic E-state index is -0.196. The van der Waals surface area contributed by atoms with E-state index in [0.29, 0.717) is 32.0 Å². The number of rotatable bonds is 3. The molecule has 5 heterocycles. The summed E-state index contributed by atoms with van der Waals surface area (Å²) in [5.74, 6) is 0. The van der Waals surface area contributed by atoms with E-state index >= 15 is 0 Å². The minimum Gasteiger partial charge on any atom is -0.376 e. The van der Waals surface area contributed by atoms with E-state index in [1.165, 1.54) is 0 Å². The summed E-state index contributed by atoms with van der Waals surface area (Å²) in [6.45, 7) is 2.06. The molecule has 0 spiro atoms. The lowest BCUT2D eigenvalue weighted by Crippen LogP contribution is -2.34. The summed E-state index contributed by atoms with van der Waals surface area (Å²) in [4.78, 5) is 27.1. The van der Waals surface area contributed by atoms with E-state index in [2.05, 4.69) is 26.0 Å². The Morgan fingerprint density at radius 3 is 2.85 bits per heavy atom. The van der Waals surface area contributed by atoms with Gasteiger partial charge in [0.2, 0.25) is 0 Å². The molecule has 0 unspecified atom stereocenters. The fourth-order valence-corrected chi connectivity index (χ4v) is 3.32. The molecular weight excluding hydrogens is 334 g/mol. The second-order valence-corrected chi connectivity index (χ2v) is 6.34. The Kier molecular flexibility index (Phi) is 3.58. The van der Waals surface area contributed by atoms with E-state index < -0.39 is 0 Å². The van der Waals surface area contributed by atoms with Crippen LogP contribution in [0.2, 0.25) is 0 Å². The van der Waals surface area contributed by atoms with Gasteiger partial charge in [0.15, 0.2) is 5.65 Å². The van der Waals surface area contributed by atoms with Crippen molar-refractivity contribution in [3.63, 3.8) is 0 Å². The van der Waals surface area contributed by atoms with Crippen molar-refractivity contribution in [3.05, 3.63) is 47.3 Å². The van der Waals surface area contributed by atoms with Gasteiger partial charge >= 0.3 is 5.69 Å². The Bertz CT molecular complexity index is 1140. The van der Waals surface area contributed by atoms with Crippen molar-refractivity contribution in [2.75, 3.05) is 19.8 Å². The molecule has 5 rings (SSSR count). The summed E-state index contributed by atoms with van der Waals surface area (Å²) in [5, 5.41) is 1.03. The van der Waals surface area contributed by atoms with Crippen LogP contribution in [0.1, 0.15) is 0 Å². The summed E-state index contributed by atoms with van der Waals surface area (Å²) in [7, 11) is 0. The zero-order valence-corrected chi connectivity index (χ0v) is 13.9. The van der Waals surface area contributed by atoms with Gasteiger partial charge in [0.25, 0.3) is 0 Å². The van der Waals surface area contributed by atoms with E-state index in [9.17, 15) is 4.79 Å². The highest BCUT2D eigenvalue weighted by atomic mass is 16.6. The highest BCUT2D eigenvalue weighted by Gasteiger charge is 2.18. The quantitative estimate of drug-likeness (QED) is 0.585. The molecule has 1 aliphatic rings. The molecule has 0 aliphatic carbocycles. The number of hydrogen-bond acceptors (Lipinski definition) is 5. The van der Waals surface area contributed by atoms with Crippen LogP contribution >= 0.6 is 0 Å². The fraction of sp³-hybridized carbons (Fsp3) is 0.278. The molecule has 132 valence electrons. The predicted molar refractivity (Wildman–Crippen MR) is 96.0 cm³/mol. The Morgan fingerprint density at radius 1 is 1.15 bits per heavy atom. The third-order valence-electron chi connectivity index (χ3n) is 4.63. The molecule has 0 amide bonds. The smallest absolute Gasteiger partial charge is 0.327 e. The van der Waals surface area contributed by atoms with Gasteiger partial charge in [-0.05, 0) is 18.2 Å². The summed E-state index contributed by atoms with van der Waals surface area (Å²) < 4.78 is 12.8. The van der Waals surface area contributed by atoms with Crippen molar-refractivity contribution >= 4 is 22.2 Å². The van der Waals surface area contributed by atoms with Crippen LogP contribution in [-0.2, 0) is 16.0 Å². The Hall–Kier alpha value is -2.97. The van der Waals surface area contributed by atoms with E-state index in [1.807, 2.05) is 18.3 Å². The molecule has 0 aromatic carbocycles. The second kappa shape index (κ2) is 6.08. The number of aromatic nitrogens is 5. The van der Waals surface area contributed by atoms with Crippen LogP contribution in [0.3, 0.4) is 0 Å². The van der Waals surface area contributed by atoms with E-state index in [-0.39, 0.29) is 11.8 Å². The minimum absolute atomic E-state index is 0.137. The molecule has 8 heteroatoms. The molecule has 4 aromatic rings. The van der Waals surface area contributed by atoms with Gasteiger partial charge in [-0.3, -0.25) is 9.55 Å². The topological polar surface area (TPSA) is 97.8 Å². The average Bonchev–Trinajstić information content (AvgIpc) is 3.26. The second-order valence-electron chi connectivity index (χ2n) is 6.34. The maximum Gasteiger partial charge on any atom is 0.327 e. The van der Waals surface area contributed by atoms with Gasteiger partial charge in [0.1, 0.15) is 5.65 Å². The number of nitrogens with zero attached hydrogens (tertiary/aromatic N) is 3. The lowest BCUT2D eigenvalue weighted by Gasteiger charge is -2.23. The maximum atomic E-state index is 12.4. The number of hydrogen-bond donors (Lipinski definition) is 2. The summed E-state index contributed by atoms with van der Waals surface area (Å²) in [5.41, 5.74) is 3.81. The molecule has 26 heavy (non-hydrogen) atoms. The first-order valence-corrected chi connectivity index (χ1v) is 8.49. The zero-order valence-electron chi connectivity index (χ0n) is 13.9. The van der Waals surface area contributed by atoms with Gasteiger partial charge in [-0.2, -0.15) is 0 Å². The van der Waals surface area contributed by atoms with Crippen LogP contribution in [0.25, 0.3) is 33.3 Å². The average molecular weight is 351 g/mol. The highest BCUT2D eigenvalue weighted by Crippen LogP contribution is 2.24. The van der Waals surface area contributed by atoms with Crippen molar-refractivity contribution in [3.8, 4) is 11.1 Å². The Morgan fingerprint density at radius 2 is 2.00 bits per heavy atom. The van der Waals surface area contributed by atoms with Crippen molar-refractivity contribution in [1.82, 2.24) is 24.5 Å². The van der Waals surface area contributed by atoms with E-state index in [4.69, 9.17) is 9.47 Å². The lowest BCUT2D eigenvalue weighted by molar-refractivity contribution is -0.0934.